The van der Waals surface area contributed by atoms with Crippen LogP contribution in [0.5, 0.6) is 28.7 Å². The minimum Gasteiger partial charge on any atom is -0.493 e. The molecule has 9 nitrogen and oxygen atoms in total. The van der Waals surface area contributed by atoms with Crippen molar-refractivity contribution in [2.45, 2.75) is 25.5 Å². The van der Waals surface area contributed by atoms with Gasteiger partial charge in [-0.15, -0.1) is 0 Å². The Morgan fingerprint density at radius 2 is 1.71 bits per heavy atom. The maximum atomic E-state index is 13.0. The number of carbonyl (C=O) groups excluding carboxylic acids is 2. The largest absolute Gasteiger partial charge is 0.493 e. The summed E-state index contributed by atoms with van der Waals surface area (Å²) in [5.41, 5.74) is 2.24. The highest BCUT2D eigenvalue weighted by Crippen LogP contribution is 2.49. The van der Waals surface area contributed by atoms with E-state index in [1.54, 1.807) is 26.4 Å². The van der Waals surface area contributed by atoms with E-state index in [0.29, 0.717) is 46.1 Å². The van der Waals surface area contributed by atoms with Crippen LogP contribution in [-0.2, 0) is 16.1 Å². The first kappa shape index (κ1) is 21.5. The molecule has 180 valence electrons. The number of hydrogen-bond donors (Lipinski definition) is 1. The van der Waals surface area contributed by atoms with Crippen LogP contribution in [-0.4, -0.2) is 45.5 Å². The lowest BCUT2D eigenvalue weighted by Gasteiger charge is -2.18. The van der Waals surface area contributed by atoms with Gasteiger partial charge in [-0.05, 0) is 54.4 Å². The predicted molar refractivity (Wildman–Crippen MR) is 124 cm³/mol. The van der Waals surface area contributed by atoms with E-state index in [1.165, 1.54) is 0 Å². The first-order valence-electron chi connectivity index (χ1n) is 11.3. The number of methoxy groups -OCH3 is 2. The van der Waals surface area contributed by atoms with Crippen molar-refractivity contribution in [2.24, 2.45) is 0 Å². The molecule has 0 saturated carbocycles. The van der Waals surface area contributed by atoms with E-state index >= 15 is 0 Å². The van der Waals surface area contributed by atoms with Crippen LogP contribution in [0.25, 0.3) is 21.9 Å². The van der Waals surface area contributed by atoms with Gasteiger partial charge in [-0.2, -0.15) is 0 Å². The fourth-order valence-corrected chi connectivity index (χ4v) is 4.90. The second-order valence-corrected chi connectivity index (χ2v) is 8.56. The van der Waals surface area contributed by atoms with Crippen LogP contribution < -0.4 is 29.0 Å². The van der Waals surface area contributed by atoms with Gasteiger partial charge in [0.05, 0.1) is 19.8 Å². The molecule has 3 aliphatic rings. The number of cyclic esters (lactones) is 1. The molecule has 0 aromatic heterocycles. The van der Waals surface area contributed by atoms with E-state index in [4.69, 9.17) is 28.4 Å². The highest BCUT2D eigenvalue weighted by atomic mass is 16.7. The Labute approximate surface area is 200 Å². The molecule has 3 aliphatic heterocycles. The van der Waals surface area contributed by atoms with E-state index in [-0.39, 0.29) is 31.2 Å². The standard InChI is InChI=1S/C26H23NO8/c1-30-19-7-13-6-14-11-32-26(29)23(14)24(15(13)8-20(19)31-2)16-9-21-22(34-12-33-21)10-18(16)35-25(28)17-4-3-5-27-17/h6-10,17,27H,3-5,11-12H2,1-2H3/t17-/m0/s1. The number of ether oxygens (including phenoxy) is 6. The number of rotatable bonds is 5. The average Bonchev–Trinajstić information content (AvgIpc) is 3.63. The van der Waals surface area contributed by atoms with Crippen molar-refractivity contribution in [3.8, 4) is 39.9 Å². The number of carbonyl (C=O) groups is 2. The predicted octanol–water partition coefficient (Wildman–Crippen LogP) is 3.58. The number of esters is 2. The average molecular weight is 477 g/mol. The van der Waals surface area contributed by atoms with Crippen molar-refractivity contribution in [2.75, 3.05) is 27.6 Å². The van der Waals surface area contributed by atoms with Crippen LogP contribution in [0.1, 0.15) is 28.8 Å². The first-order valence-corrected chi connectivity index (χ1v) is 11.3. The molecule has 0 amide bonds. The van der Waals surface area contributed by atoms with Crippen molar-refractivity contribution in [3.05, 3.63) is 41.5 Å². The molecule has 3 heterocycles. The molecular weight excluding hydrogens is 454 g/mol. The molecule has 1 atom stereocenters. The summed E-state index contributed by atoms with van der Waals surface area (Å²) in [6.45, 7) is 0.965. The molecular formula is C26H23NO8. The normalized spacial score (nSPS) is 17.9. The molecule has 3 aromatic rings. The first-order chi connectivity index (χ1) is 17.1. The van der Waals surface area contributed by atoms with Crippen LogP contribution in [0.4, 0.5) is 0 Å². The van der Waals surface area contributed by atoms with E-state index in [0.717, 1.165) is 29.3 Å². The fourth-order valence-electron chi connectivity index (χ4n) is 4.90. The lowest BCUT2D eigenvalue weighted by molar-refractivity contribution is -0.136. The molecule has 0 aliphatic carbocycles. The molecule has 0 radical (unpaired) electrons. The third kappa shape index (κ3) is 3.50. The van der Waals surface area contributed by atoms with Crippen LogP contribution in [0, 0.1) is 0 Å². The second-order valence-electron chi connectivity index (χ2n) is 8.56. The van der Waals surface area contributed by atoms with Gasteiger partial charge < -0.3 is 33.7 Å². The summed E-state index contributed by atoms with van der Waals surface area (Å²) in [5.74, 6) is 1.46. The highest BCUT2D eigenvalue weighted by molar-refractivity contribution is 6.12. The van der Waals surface area contributed by atoms with Gasteiger partial charge in [-0.3, -0.25) is 0 Å². The lowest BCUT2D eigenvalue weighted by Crippen LogP contribution is -2.34. The van der Waals surface area contributed by atoms with Gasteiger partial charge in [0.1, 0.15) is 18.4 Å². The molecule has 6 rings (SSSR count). The summed E-state index contributed by atoms with van der Waals surface area (Å²) in [5, 5.41) is 4.70. The van der Waals surface area contributed by atoms with Gasteiger partial charge in [0, 0.05) is 22.8 Å². The van der Waals surface area contributed by atoms with Crippen molar-refractivity contribution in [3.63, 3.8) is 0 Å². The zero-order chi connectivity index (χ0) is 24.1. The minimum absolute atomic E-state index is 0.0526. The maximum absolute atomic E-state index is 13.0. The van der Waals surface area contributed by atoms with Crippen LogP contribution >= 0.6 is 0 Å². The molecule has 0 unspecified atom stereocenters. The Morgan fingerprint density at radius 1 is 0.943 bits per heavy atom. The number of hydrogen-bond acceptors (Lipinski definition) is 9. The molecule has 35 heavy (non-hydrogen) atoms. The van der Waals surface area contributed by atoms with Crippen LogP contribution in [0.3, 0.4) is 0 Å². The van der Waals surface area contributed by atoms with Crippen LogP contribution in [0.15, 0.2) is 30.3 Å². The summed E-state index contributed by atoms with van der Waals surface area (Å²) in [6.07, 6.45) is 1.60. The summed E-state index contributed by atoms with van der Waals surface area (Å²) in [4.78, 5) is 25.9. The fraction of sp³-hybridized carbons (Fsp3) is 0.308. The number of benzene rings is 3. The van der Waals surface area contributed by atoms with Gasteiger partial charge >= 0.3 is 11.9 Å². The van der Waals surface area contributed by atoms with E-state index in [2.05, 4.69) is 5.32 Å². The number of fused-ring (bicyclic) bond motifs is 3. The van der Waals surface area contributed by atoms with E-state index in [9.17, 15) is 9.59 Å². The molecule has 0 spiro atoms. The molecule has 0 bridgehead atoms. The third-order valence-corrected chi connectivity index (χ3v) is 6.59. The van der Waals surface area contributed by atoms with Crippen molar-refractivity contribution in [1.29, 1.82) is 0 Å². The zero-order valence-electron chi connectivity index (χ0n) is 19.3. The van der Waals surface area contributed by atoms with Crippen LogP contribution in [0.2, 0.25) is 0 Å². The van der Waals surface area contributed by atoms with Gasteiger partial charge in [0.2, 0.25) is 6.79 Å². The molecule has 1 saturated heterocycles. The molecule has 1 fully saturated rings. The lowest BCUT2D eigenvalue weighted by atomic mass is 9.89. The Kier molecular flexibility index (Phi) is 5.14. The smallest absolute Gasteiger partial charge is 0.339 e. The van der Waals surface area contributed by atoms with Gasteiger partial charge in [0.25, 0.3) is 0 Å². The summed E-state index contributed by atoms with van der Waals surface area (Å²) < 4.78 is 33.5. The van der Waals surface area contributed by atoms with Crippen molar-refractivity contribution < 1.29 is 38.0 Å². The summed E-state index contributed by atoms with van der Waals surface area (Å²) in [7, 11) is 3.12. The Hall–Kier alpha value is -3.98. The van der Waals surface area contributed by atoms with E-state index in [1.807, 2.05) is 18.2 Å². The minimum atomic E-state index is -0.445. The summed E-state index contributed by atoms with van der Waals surface area (Å²) in [6, 6.07) is 8.55. The highest BCUT2D eigenvalue weighted by Gasteiger charge is 2.32. The topological polar surface area (TPSA) is 102 Å². The Balaban J connectivity index is 1.61. The Bertz CT molecular complexity index is 1380. The third-order valence-electron chi connectivity index (χ3n) is 6.59. The maximum Gasteiger partial charge on any atom is 0.339 e. The van der Waals surface area contributed by atoms with Gasteiger partial charge in [-0.25, -0.2) is 9.59 Å². The van der Waals surface area contributed by atoms with Crippen molar-refractivity contribution in [1.82, 2.24) is 5.32 Å². The Morgan fingerprint density at radius 3 is 2.46 bits per heavy atom. The molecule has 1 N–H and O–H groups in total. The SMILES string of the molecule is COc1cc2cc3c(c(-c4cc5c(cc4OC(=O)[C@@H]4CCCN4)OCO5)c2cc1OC)C(=O)OC3. The quantitative estimate of drug-likeness (QED) is 0.436. The van der Waals surface area contributed by atoms with Gasteiger partial charge in [-0.1, -0.05) is 0 Å². The van der Waals surface area contributed by atoms with Crippen molar-refractivity contribution >= 4 is 22.7 Å². The van der Waals surface area contributed by atoms with E-state index < -0.39 is 5.97 Å². The molecule has 9 heteroatoms. The molecule has 3 aromatic carbocycles. The zero-order valence-corrected chi connectivity index (χ0v) is 19.3. The second kappa shape index (κ2) is 8.35. The number of nitrogens with one attached hydrogen (secondary N) is 1. The monoisotopic (exact) mass is 477 g/mol. The van der Waals surface area contributed by atoms with Gasteiger partial charge in [0.15, 0.2) is 23.0 Å². The summed E-state index contributed by atoms with van der Waals surface area (Å²) >= 11 is 0.